The fraction of sp³-hybridized carbons (Fsp3) is 0.600. The van der Waals surface area contributed by atoms with Gasteiger partial charge in [-0.1, -0.05) is 6.07 Å². The highest BCUT2D eigenvalue weighted by molar-refractivity contribution is 5.80. The minimum absolute atomic E-state index is 0.0723. The summed E-state index contributed by atoms with van der Waals surface area (Å²) in [5.41, 5.74) is 0. The maximum absolute atomic E-state index is 11.7. The van der Waals surface area contributed by atoms with Crippen molar-refractivity contribution in [3.05, 3.63) is 24.3 Å². The Balaban J connectivity index is 1.71. The van der Waals surface area contributed by atoms with Crippen molar-refractivity contribution in [1.29, 1.82) is 0 Å². The second-order valence-corrected chi connectivity index (χ2v) is 6.70. The standard InChI is InChI=1S/C20H32N4O3/c1-4-21-20(22-12-6-9-19(25)24-16-10-11-16)23-14-15(2)27-18-8-5-7-17(13-18)26-3/h5,7-8,13,15-16H,4,6,9-12,14H2,1-3H3,(H,24,25)(H2,21,22,23). The van der Waals surface area contributed by atoms with Gasteiger partial charge in [0.25, 0.3) is 0 Å². The van der Waals surface area contributed by atoms with Crippen LogP contribution in [0.5, 0.6) is 11.5 Å². The highest BCUT2D eigenvalue weighted by Crippen LogP contribution is 2.20. The molecule has 1 aromatic rings. The highest BCUT2D eigenvalue weighted by Gasteiger charge is 2.22. The maximum atomic E-state index is 11.7. The topological polar surface area (TPSA) is 84.0 Å². The summed E-state index contributed by atoms with van der Waals surface area (Å²) in [5, 5.41) is 9.48. The van der Waals surface area contributed by atoms with Crippen molar-refractivity contribution in [3.63, 3.8) is 0 Å². The van der Waals surface area contributed by atoms with Gasteiger partial charge in [-0.25, -0.2) is 4.99 Å². The largest absolute Gasteiger partial charge is 0.497 e. The third-order valence-electron chi connectivity index (χ3n) is 4.04. The quantitative estimate of drug-likeness (QED) is 0.313. The van der Waals surface area contributed by atoms with Crippen LogP contribution in [0.1, 0.15) is 39.5 Å². The van der Waals surface area contributed by atoms with Gasteiger partial charge in [-0.15, -0.1) is 0 Å². The minimum atomic E-state index is -0.0723. The predicted molar refractivity (Wildman–Crippen MR) is 107 cm³/mol. The van der Waals surface area contributed by atoms with Gasteiger partial charge in [0.1, 0.15) is 17.6 Å². The number of nitrogens with one attached hydrogen (secondary N) is 3. The summed E-state index contributed by atoms with van der Waals surface area (Å²) < 4.78 is 11.1. The third-order valence-corrected chi connectivity index (χ3v) is 4.04. The van der Waals surface area contributed by atoms with Crippen molar-refractivity contribution in [2.24, 2.45) is 4.99 Å². The van der Waals surface area contributed by atoms with E-state index in [0.29, 0.717) is 25.6 Å². The molecule has 1 unspecified atom stereocenters. The summed E-state index contributed by atoms with van der Waals surface area (Å²) in [6.07, 6.45) is 3.49. The van der Waals surface area contributed by atoms with Crippen molar-refractivity contribution >= 4 is 11.9 Å². The molecule has 1 fully saturated rings. The lowest BCUT2D eigenvalue weighted by atomic mass is 10.3. The van der Waals surface area contributed by atoms with E-state index in [1.54, 1.807) is 7.11 Å². The number of rotatable bonds is 11. The van der Waals surface area contributed by atoms with Gasteiger partial charge in [0.15, 0.2) is 5.96 Å². The first-order valence-corrected chi connectivity index (χ1v) is 9.73. The molecule has 0 heterocycles. The van der Waals surface area contributed by atoms with E-state index in [4.69, 9.17) is 9.47 Å². The summed E-state index contributed by atoms with van der Waals surface area (Å²) in [5.74, 6) is 2.41. The van der Waals surface area contributed by atoms with Crippen LogP contribution in [0.25, 0.3) is 0 Å². The molecule has 0 radical (unpaired) electrons. The number of benzene rings is 1. The maximum Gasteiger partial charge on any atom is 0.220 e. The number of nitrogens with zero attached hydrogens (tertiary/aromatic N) is 1. The van der Waals surface area contributed by atoms with E-state index in [1.807, 2.05) is 38.1 Å². The van der Waals surface area contributed by atoms with Crippen molar-refractivity contribution in [2.75, 3.05) is 26.7 Å². The van der Waals surface area contributed by atoms with Gasteiger partial charge in [-0.2, -0.15) is 0 Å². The number of hydrogen-bond acceptors (Lipinski definition) is 4. The number of amides is 1. The van der Waals surface area contributed by atoms with E-state index in [1.165, 1.54) is 0 Å². The Kier molecular flexibility index (Phi) is 8.74. The fourth-order valence-corrected chi connectivity index (χ4v) is 2.49. The Hall–Kier alpha value is -2.44. The summed E-state index contributed by atoms with van der Waals surface area (Å²) in [4.78, 5) is 16.3. The molecule has 2 rings (SSSR count). The summed E-state index contributed by atoms with van der Waals surface area (Å²) in [7, 11) is 1.64. The second kappa shape index (κ2) is 11.3. The third kappa shape index (κ3) is 8.66. The van der Waals surface area contributed by atoms with E-state index in [-0.39, 0.29) is 12.0 Å². The molecule has 7 nitrogen and oxygen atoms in total. The molecule has 0 aromatic heterocycles. The molecule has 1 amide bonds. The first kappa shape index (κ1) is 20.9. The Morgan fingerprint density at radius 3 is 2.78 bits per heavy atom. The summed E-state index contributed by atoms with van der Waals surface area (Å²) in [6, 6.07) is 7.97. The van der Waals surface area contributed by atoms with Crippen LogP contribution in [-0.4, -0.2) is 50.8 Å². The highest BCUT2D eigenvalue weighted by atomic mass is 16.5. The molecular weight excluding hydrogens is 344 g/mol. The predicted octanol–water partition coefficient (Wildman–Crippen LogP) is 2.08. The molecule has 3 N–H and O–H groups in total. The zero-order valence-electron chi connectivity index (χ0n) is 16.6. The van der Waals surface area contributed by atoms with E-state index in [9.17, 15) is 4.79 Å². The molecule has 27 heavy (non-hydrogen) atoms. The van der Waals surface area contributed by atoms with Gasteiger partial charge >= 0.3 is 0 Å². The van der Waals surface area contributed by atoms with Crippen LogP contribution in [0, 0.1) is 0 Å². The average Bonchev–Trinajstić information content (AvgIpc) is 3.47. The van der Waals surface area contributed by atoms with E-state index in [2.05, 4.69) is 20.9 Å². The lowest BCUT2D eigenvalue weighted by molar-refractivity contribution is -0.121. The zero-order valence-corrected chi connectivity index (χ0v) is 16.6. The van der Waals surface area contributed by atoms with Crippen LogP contribution in [0.4, 0.5) is 0 Å². The number of guanidine groups is 1. The van der Waals surface area contributed by atoms with Crippen molar-refractivity contribution < 1.29 is 14.3 Å². The molecule has 150 valence electrons. The van der Waals surface area contributed by atoms with E-state index in [0.717, 1.165) is 43.3 Å². The number of methoxy groups -OCH3 is 1. The van der Waals surface area contributed by atoms with E-state index >= 15 is 0 Å². The number of aliphatic imine (C=N–C) groups is 1. The molecule has 1 atom stereocenters. The van der Waals surface area contributed by atoms with Gasteiger partial charge < -0.3 is 25.4 Å². The van der Waals surface area contributed by atoms with Gasteiger partial charge in [-0.05, 0) is 45.2 Å². The first-order valence-electron chi connectivity index (χ1n) is 9.73. The van der Waals surface area contributed by atoms with E-state index < -0.39 is 0 Å². The molecule has 0 spiro atoms. The molecule has 1 aliphatic rings. The molecule has 7 heteroatoms. The smallest absolute Gasteiger partial charge is 0.220 e. The van der Waals surface area contributed by atoms with Crippen LogP contribution in [0.2, 0.25) is 0 Å². The Labute approximate surface area is 161 Å². The molecule has 0 bridgehead atoms. The van der Waals surface area contributed by atoms with Crippen LogP contribution in [-0.2, 0) is 4.79 Å². The molecule has 1 saturated carbocycles. The monoisotopic (exact) mass is 376 g/mol. The second-order valence-electron chi connectivity index (χ2n) is 6.70. The van der Waals surface area contributed by atoms with Crippen molar-refractivity contribution in [1.82, 2.24) is 16.0 Å². The van der Waals surface area contributed by atoms with Crippen molar-refractivity contribution in [3.8, 4) is 11.5 Å². The number of carbonyl (C=O) groups is 1. The number of ether oxygens (including phenoxy) is 2. The van der Waals surface area contributed by atoms with Crippen LogP contribution in [0.15, 0.2) is 29.3 Å². The molecule has 0 saturated heterocycles. The fourth-order valence-electron chi connectivity index (χ4n) is 2.49. The van der Waals surface area contributed by atoms with Gasteiger partial charge in [0.2, 0.25) is 5.91 Å². The molecule has 1 aliphatic carbocycles. The molecule has 1 aromatic carbocycles. The van der Waals surface area contributed by atoms with Crippen LogP contribution < -0.4 is 25.4 Å². The summed E-state index contributed by atoms with van der Waals surface area (Å²) in [6.45, 7) is 6.01. The molecule has 0 aliphatic heterocycles. The first-order chi connectivity index (χ1) is 13.1. The Morgan fingerprint density at radius 2 is 2.07 bits per heavy atom. The van der Waals surface area contributed by atoms with Crippen LogP contribution in [0.3, 0.4) is 0 Å². The van der Waals surface area contributed by atoms with Gasteiger partial charge in [-0.3, -0.25) is 4.79 Å². The lowest BCUT2D eigenvalue weighted by Gasteiger charge is -2.15. The lowest BCUT2D eigenvalue weighted by Crippen LogP contribution is -2.39. The average molecular weight is 377 g/mol. The Bertz CT molecular complexity index is 617. The SMILES string of the molecule is CCNC(=NCC(C)Oc1cccc(OC)c1)NCCCC(=O)NC1CC1. The van der Waals surface area contributed by atoms with Crippen molar-refractivity contribution in [2.45, 2.75) is 51.7 Å². The normalized spacial score (nSPS) is 15.0. The van der Waals surface area contributed by atoms with Gasteiger partial charge in [0.05, 0.1) is 13.7 Å². The Morgan fingerprint density at radius 1 is 1.30 bits per heavy atom. The van der Waals surface area contributed by atoms with Crippen LogP contribution >= 0.6 is 0 Å². The minimum Gasteiger partial charge on any atom is -0.497 e. The molecular formula is C20H32N4O3. The number of hydrogen-bond donors (Lipinski definition) is 3. The van der Waals surface area contributed by atoms with Gasteiger partial charge in [0, 0.05) is 31.6 Å². The summed E-state index contributed by atoms with van der Waals surface area (Å²) >= 11 is 0. The number of carbonyl (C=O) groups excluding carboxylic acids is 1. The zero-order chi connectivity index (χ0) is 19.5.